The minimum atomic E-state index is 0.858. The van der Waals surface area contributed by atoms with E-state index in [1.165, 1.54) is 0 Å². The lowest BCUT2D eigenvalue weighted by molar-refractivity contribution is 1.47. The largest absolute Gasteiger partial charge is 0.361 e. The van der Waals surface area contributed by atoms with Gasteiger partial charge in [-0.3, -0.25) is 0 Å². The zero-order valence-corrected chi connectivity index (χ0v) is 6.83. The summed E-state index contributed by atoms with van der Waals surface area (Å²) in [7, 11) is 0. The number of hydrogen-bond acceptors (Lipinski definition) is 1. The van der Waals surface area contributed by atoms with Gasteiger partial charge in [0.05, 0.1) is 0 Å². The van der Waals surface area contributed by atoms with Gasteiger partial charge in [-0.2, -0.15) is 5.26 Å². The molecule has 0 aliphatic carbocycles. The fraction of sp³-hybridized carbons (Fsp3) is 0. The lowest BCUT2D eigenvalue weighted by Gasteiger charge is -1.90. The van der Waals surface area contributed by atoms with Gasteiger partial charge in [0.2, 0.25) is 0 Å². The van der Waals surface area contributed by atoms with Gasteiger partial charge >= 0.3 is 0 Å². The van der Waals surface area contributed by atoms with Crippen molar-refractivity contribution in [3.8, 4) is 17.9 Å². The Morgan fingerprint density at radius 2 is 2.15 bits per heavy atom. The molecule has 0 spiro atoms. The first kappa shape index (κ1) is 7.46. The Morgan fingerprint density at radius 3 is 3.00 bits per heavy atom. The molecule has 2 aromatic rings. The summed E-state index contributed by atoms with van der Waals surface area (Å²) in [6.45, 7) is 0. The maximum Gasteiger partial charge on any atom is 0.152 e. The second-order valence-corrected chi connectivity index (χ2v) is 2.64. The Morgan fingerprint density at radius 1 is 1.23 bits per heavy atom. The highest BCUT2D eigenvalue weighted by Crippen LogP contribution is 2.13. The maximum absolute atomic E-state index is 8.27. The summed E-state index contributed by atoms with van der Waals surface area (Å²) in [4.78, 5) is 3.09. The monoisotopic (exact) mass is 166 g/mol. The van der Waals surface area contributed by atoms with E-state index < -0.39 is 0 Å². The van der Waals surface area contributed by atoms with Gasteiger partial charge in [-0.1, -0.05) is 12.0 Å². The average Bonchev–Trinajstić information content (AvgIpc) is 2.61. The van der Waals surface area contributed by atoms with E-state index in [1.807, 2.05) is 30.5 Å². The number of hydrogen-bond donors (Lipinski definition) is 1. The fourth-order valence-electron chi connectivity index (χ4n) is 1.23. The topological polar surface area (TPSA) is 39.6 Å². The molecular formula is C11H6N2. The van der Waals surface area contributed by atoms with Gasteiger partial charge in [0.25, 0.3) is 0 Å². The minimum Gasteiger partial charge on any atom is -0.361 e. The predicted molar refractivity (Wildman–Crippen MR) is 50.8 cm³/mol. The summed E-state index contributed by atoms with van der Waals surface area (Å²) in [6, 6.07) is 9.60. The first-order chi connectivity index (χ1) is 6.40. The molecule has 0 saturated carbocycles. The molecule has 2 rings (SSSR count). The predicted octanol–water partition coefficient (Wildman–Crippen LogP) is 2.04. The summed E-state index contributed by atoms with van der Waals surface area (Å²) < 4.78 is 0. The third-order valence-corrected chi connectivity index (χ3v) is 1.82. The lowest BCUT2D eigenvalue weighted by atomic mass is 10.2. The van der Waals surface area contributed by atoms with E-state index in [9.17, 15) is 0 Å². The van der Waals surface area contributed by atoms with Gasteiger partial charge < -0.3 is 4.98 Å². The molecule has 13 heavy (non-hydrogen) atoms. The number of fused-ring (bicyclic) bond motifs is 1. The van der Waals surface area contributed by atoms with Crippen LogP contribution in [0, 0.1) is 23.2 Å². The van der Waals surface area contributed by atoms with Gasteiger partial charge in [0.1, 0.15) is 0 Å². The van der Waals surface area contributed by atoms with E-state index in [0.29, 0.717) is 0 Å². The first-order valence-electron chi connectivity index (χ1n) is 3.87. The molecule has 1 heterocycles. The molecule has 0 radical (unpaired) electrons. The molecule has 0 bridgehead atoms. The van der Waals surface area contributed by atoms with Crippen molar-refractivity contribution >= 4 is 10.9 Å². The smallest absolute Gasteiger partial charge is 0.152 e. The second kappa shape index (κ2) is 3.05. The van der Waals surface area contributed by atoms with Crippen molar-refractivity contribution in [2.75, 3.05) is 0 Å². The first-order valence-corrected chi connectivity index (χ1v) is 3.87. The normalized spacial score (nSPS) is 8.85. The zero-order chi connectivity index (χ0) is 9.10. The van der Waals surface area contributed by atoms with E-state index in [2.05, 4.69) is 16.8 Å². The molecule has 0 aliphatic heterocycles. The maximum atomic E-state index is 8.27. The fourth-order valence-corrected chi connectivity index (χ4v) is 1.23. The van der Waals surface area contributed by atoms with Gasteiger partial charge in [0, 0.05) is 23.2 Å². The standard InChI is InChI=1S/C11H6N2/c12-6-1-2-9-3-4-10-5-7-13-11(10)8-9/h3-5,7-8,13H. The highest BCUT2D eigenvalue weighted by atomic mass is 14.7. The SMILES string of the molecule is N#CC#Cc1ccc2cc[nH]c2c1. The molecule has 1 aromatic carbocycles. The van der Waals surface area contributed by atoms with Crippen LogP contribution in [-0.4, -0.2) is 4.98 Å². The quantitative estimate of drug-likeness (QED) is 0.597. The van der Waals surface area contributed by atoms with Crippen molar-refractivity contribution in [1.29, 1.82) is 5.26 Å². The number of aromatic amines is 1. The Balaban J connectivity index is 2.56. The van der Waals surface area contributed by atoms with Crippen LogP contribution in [0.2, 0.25) is 0 Å². The molecule has 0 unspecified atom stereocenters. The summed E-state index contributed by atoms with van der Waals surface area (Å²) in [5.41, 5.74) is 1.90. The van der Waals surface area contributed by atoms with Crippen LogP contribution in [0.15, 0.2) is 30.5 Å². The third-order valence-electron chi connectivity index (χ3n) is 1.82. The molecular weight excluding hydrogens is 160 g/mol. The van der Waals surface area contributed by atoms with Crippen LogP contribution < -0.4 is 0 Å². The number of rotatable bonds is 0. The number of benzene rings is 1. The Hall–Kier alpha value is -2.19. The number of nitrogens with zero attached hydrogens (tertiary/aromatic N) is 1. The summed E-state index contributed by atoms with van der Waals surface area (Å²) in [5.74, 6) is 5.11. The zero-order valence-electron chi connectivity index (χ0n) is 6.83. The van der Waals surface area contributed by atoms with Crippen molar-refractivity contribution in [3.05, 3.63) is 36.0 Å². The van der Waals surface area contributed by atoms with Crippen LogP contribution in [0.3, 0.4) is 0 Å². The average molecular weight is 166 g/mol. The lowest BCUT2D eigenvalue weighted by Crippen LogP contribution is -1.73. The molecule has 1 aromatic heterocycles. The van der Waals surface area contributed by atoms with Crippen LogP contribution in [0.25, 0.3) is 10.9 Å². The van der Waals surface area contributed by atoms with Crippen LogP contribution >= 0.6 is 0 Å². The van der Waals surface area contributed by atoms with E-state index >= 15 is 0 Å². The molecule has 0 atom stereocenters. The second-order valence-electron chi connectivity index (χ2n) is 2.64. The molecule has 0 amide bonds. The van der Waals surface area contributed by atoms with Gasteiger partial charge in [-0.15, -0.1) is 0 Å². The van der Waals surface area contributed by atoms with Crippen molar-refractivity contribution in [1.82, 2.24) is 4.98 Å². The Labute approximate surface area is 75.8 Å². The summed E-state index contributed by atoms with van der Waals surface area (Å²) in [6.07, 6.45) is 1.88. The summed E-state index contributed by atoms with van der Waals surface area (Å²) in [5, 5.41) is 9.42. The molecule has 2 nitrogen and oxygen atoms in total. The van der Waals surface area contributed by atoms with E-state index in [1.54, 1.807) is 6.07 Å². The van der Waals surface area contributed by atoms with Crippen LogP contribution in [0.4, 0.5) is 0 Å². The molecule has 60 valence electrons. The molecule has 2 heteroatoms. The molecule has 1 N–H and O–H groups in total. The van der Waals surface area contributed by atoms with E-state index in [4.69, 9.17) is 5.26 Å². The van der Waals surface area contributed by atoms with Crippen LogP contribution in [0.5, 0.6) is 0 Å². The molecule has 0 fully saturated rings. The van der Waals surface area contributed by atoms with E-state index in [0.717, 1.165) is 16.5 Å². The molecule has 0 saturated heterocycles. The minimum absolute atomic E-state index is 0.858. The van der Waals surface area contributed by atoms with Crippen LogP contribution in [-0.2, 0) is 0 Å². The summed E-state index contributed by atoms with van der Waals surface area (Å²) >= 11 is 0. The van der Waals surface area contributed by atoms with Crippen molar-refractivity contribution in [3.63, 3.8) is 0 Å². The van der Waals surface area contributed by atoms with Gasteiger partial charge in [-0.25, -0.2) is 0 Å². The van der Waals surface area contributed by atoms with E-state index in [-0.39, 0.29) is 0 Å². The van der Waals surface area contributed by atoms with Gasteiger partial charge in [0.15, 0.2) is 6.07 Å². The Bertz CT molecular complexity index is 532. The van der Waals surface area contributed by atoms with Gasteiger partial charge in [-0.05, 0) is 23.6 Å². The van der Waals surface area contributed by atoms with Crippen molar-refractivity contribution in [2.24, 2.45) is 0 Å². The van der Waals surface area contributed by atoms with Crippen molar-refractivity contribution < 1.29 is 0 Å². The van der Waals surface area contributed by atoms with Crippen LogP contribution in [0.1, 0.15) is 5.56 Å². The number of nitrogens with one attached hydrogen (secondary N) is 1. The number of aromatic nitrogens is 1. The molecule has 0 aliphatic rings. The number of H-pyrrole nitrogens is 1. The third kappa shape index (κ3) is 1.38. The Kier molecular flexibility index (Phi) is 1.75. The highest BCUT2D eigenvalue weighted by molar-refractivity contribution is 5.80. The van der Waals surface area contributed by atoms with Crippen molar-refractivity contribution in [2.45, 2.75) is 0 Å². The number of nitriles is 1. The highest BCUT2D eigenvalue weighted by Gasteiger charge is 1.93.